The molecular weight excluding hydrogens is 228 g/mol. The summed E-state index contributed by atoms with van der Waals surface area (Å²) >= 11 is 0. The molecule has 1 saturated heterocycles. The highest BCUT2D eigenvalue weighted by atomic mass is 16.5. The molecule has 2 N–H and O–H groups in total. The highest BCUT2D eigenvalue weighted by Crippen LogP contribution is 2.31. The van der Waals surface area contributed by atoms with Gasteiger partial charge < -0.3 is 20.1 Å². The minimum absolute atomic E-state index is 0.391. The van der Waals surface area contributed by atoms with Crippen LogP contribution in [0.25, 0.3) is 0 Å². The van der Waals surface area contributed by atoms with Gasteiger partial charge in [0.1, 0.15) is 0 Å². The fourth-order valence-corrected chi connectivity index (χ4v) is 2.60. The van der Waals surface area contributed by atoms with Crippen LogP contribution >= 0.6 is 0 Å². The Morgan fingerprint density at radius 2 is 1.72 bits per heavy atom. The fraction of sp³-hybridized carbons (Fsp3) is 1.00. The molecule has 0 radical (unpaired) electrons. The van der Waals surface area contributed by atoms with Crippen LogP contribution in [0, 0.1) is 11.8 Å². The van der Waals surface area contributed by atoms with Gasteiger partial charge in [0.15, 0.2) is 0 Å². The molecule has 0 aliphatic carbocycles. The van der Waals surface area contributed by atoms with Crippen LogP contribution < -0.4 is 10.6 Å². The summed E-state index contributed by atoms with van der Waals surface area (Å²) in [5, 5.41) is 6.90. The van der Waals surface area contributed by atoms with E-state index in [2.05, 4.69) is 31.4 Å². The van der Waals surface area contributed by atoms with Crippen LogP contribution in [0.1, 0.15) is 27.2 Å². The molecule has 0 aromatic heterocycles. The van der Waals surface area contributed by atoms with Gasteiger partial charge >= 0.3 is 0 Å². The van der Waals surface area contributed by atoms with Crippen molar-refractivity contribution in [2.45, 2.75) is 39.4 Å². The van der Waals surface area contributed by atoms with Gasteiger partial charge in [0.25, 0.3) is 0 Å². The van der Waals surface area contributed by atoms with E-state index in [1.54, 1.807) is 7.11 Å². The van der Waals surface area contributed by atoms with Crippen molar-refractivity contribution in [2.24, 2.45) is 11.8 Å². The first-order valence-corrected chi connectivity index (χ1v) is 7.22. The summed E-state index contributed by atoms with van der Waals surface area (Å²) in [6.45, 7) is 11.6. The molecule has 1 fully saturated rings. The van der Waals surface area contributed by atoms with Gasteiger partial charge in [-0.05, 0) is 39.3 Å². The van der Waals surface area contributed by atoms with Gasteiger partial charge in [-0.15, -0.1) is 0 Å². The van der Waals surface area contributed by atoms with E-state index in [-0.39, 0.29) is 0 Å². The van der Waals surface area contributed by atoms with Gasteiger partial charge in [0, 0.05) is 26.1 Å². The van der Waals surface area contributed by atoms with E-state index in [1.165, 1.54) is 0 Å². The van der Waals surface area contributed by atoms with Gasteiger partial charge in [0.2, 0.25) is 0 Å². The molecule has 0 bridgehead atoms. The number of ether oxygens (including phenoxy) is 2. The summed E-state index contributed by atoms with van der Waals surface area (Å²) in [4.78, 5) is 0. The van der Waals surface area contributed by atoms with Crippen molar-refractivity contribution >= 4 is 0 Å². The molecule has 4 heteroatoms. The van der Waals surface area contributed by atoms with Crippen LogP contribution in [0.4, 0.5) is 0 Å². The monoisotopic (exact) mass is 258 g/mol. The number of hydrogen-bond acceptors (Lipinski definition) is 4. The standard InChI is InChI=1S/C14H30N2O2/c1-11-12(2)18-13(3)14(11)10-16-7-5-6-15-8-9-17-4/h11-16H,5-10H2,1-4H3. The molecule has 0 spiro atoms. The second kappa shape index (κ2) is 8.86. The van der Waals surface area contributed by atoms with Gasteiger partial charge in [-0.1, -0.05) is 6.92 Å². The molecule has 1 aliphatic rings. The molecule has 18 heavy (non-hydrogen) atoms. The van der Waals surface area contributed by atoms with Crippen molar-refractivity contribution in [3.05, 3.63) is 0 Å². The highest BCUT2D eigenvalue weighted by molar-refractivity contribution is 4.85. The molecule has 0 amide bonds. The third-order valence-corrected chi connectivity index (χ3v) is 4.02. The number of methoxy groups -OCH3 is 1. The lowest BCUT2D eigenvalue weighted by Crippen LogP contribution is -2.32. The Hall–Kier alpha value is -0.160. The van der Waals surface area contributed by atoms with Crippen molar-refractivity contribution in [1.29, 1.82) is 0 Å². The minimum Gasteiger partial charge on any atom is -0.383 e. The maximum absolute atomic E-state index is 5.84. The van der Waals surface area contributed by atoms with E-state index in [9.17, 15) is 0 Å². The van der Waals surface area contributed by atoms with Crippen molar-refractivity contribution < 1.29 is 9.47 Å². The Morgan fingerprint density at radius 1 is 1.00 bits per heavy atom. The minimum atomic E-state index is 0.391. The predicted octanol–water partition coefficient (Wildman–Crippen LogP) is 1.26. The number of nitrogens with one attached hydrogen (secondary N) is 2. The molecule has 1 aliphatic heterocycles. The van der Waals surface area contributed by atoms with E-state index < -0.39 is 0 Å². The zero-order valence-electron chi connectivity index (χ0n) is 12.4. The Labute approximate surface area is 112 Å². The molecule has 0 aromatic carbocycles. The first kappa shape index (κ1) is 15.9. The summed E-state index contributed by atoms with van der Waals surface area (Å²) < 4.78 is 10.8. The third kappa shape index (κ3) is 5.22. The number of rotatable bonds is 9. The molecule has 4 atom stereocenters. The largest absolute Gasteiger partial charge is 0.383 e. The lowest BCUT2D eigenvalue weighted by molar-refractivity contribution is 0.0511. The smallest absolute Gasteiger partial charge is 0.0594 e. The summed E-state index contributed by atoms with van der Waals surface area (Å²) in [6, 6.07) is 0. The zero-order chi connectivity index (χ0) is 13.4. The predicted molar refractivity (Wildman–Crippen MR) is 74.9 cm³/mol. The Morgan fingerprint density at radius 3 is 2.33 bits per heavy atom. The normalized spacial score (nSPS) is 32.0. The average Bonchev–Trinajstić information content (AvgIpc) is 2.58. The summed E-state index contributed by atoms with van der Waals surface area (Å²) in [7, 11) is 1.73. The van der Waals surface area contributed by atoms with Crippen LogP contribution in [0.2, 0.25) is 0 Å². The van der Waals surface area contributed by atoms with Crippen LogP contribution in [-0.4, -0.2) is 52.1 Å². The molecular formula is C14H30N2O2. The van der Waals surface area contributed by atoms with Crippen LogP contribution in [-0.2, 0) is 9.47 Å². The van der Waals surface area contributed by atoms with Gasteiger partial charge in [-0.25, -0.2) is 0 Å². The van der Waals surface area contributed by atoms with Crippen LogP contribution in [0.3, 0.4) is 0 Å². The topological polar surface area (TPSA) is 42.5 Å². The maximum atomic E-state index is 5.84. The summed E-state index contributed by atoms with van der Waals surface area (Å²) in [5.74, 6) is 1.31. The lowest BCUT2D eigenvalue weighted by atomic mass is 9.89. The van der Waals surface area contributed by atoms with Crippen molar-refractivity contribution in [2.75, 3.05) is 39.9 Å². The van der Waals surface area contributed by atoms with Gasteiger partial charge in [-0.3, -0.25) is 0 Å². The van der Waals surface area contributed by atoms with Gasteiger partial charge in [0.05, 0.1) is 18.8 Å². The van der Waals surface area contributed by atoms with Crippen molar-refractivity contribution in [1.82, 2.24) is 10.6 Å². The van der Waals surface area contributed by atoms with Crippen LogP contribution in [0.5, 0.6) is 0 Å². The molecule has 108 valence electrons. The average molecular weight is 258 g/mol. The van der Waals surface area contributed by atoms with Crippen molar-refractivity contribution in [3.63, 3.8) is 0 Å². The number of hydrogen-bond donors (Lipinski definition) is 2. The lowest BCUT2D eigenvalue weighted by Gasteiger charge is -2.19. The SMILES string of the molecule is COCCNCCCNCC1C(C)OC(C)C1C. The second-order valence-electron chi connectivity index (χ2n) is 5.37. The molecule has 1 rings (SSSR count). The van der Waals surface area contributed by atoms with E-state index in [1.807, 2.05) is 0 Å². The molecule has 0 saturated carbocycles. The van der Waals surface area contributed by atoms with Gasteiger partial charge in [-0.2, -0.15) is 0 Å². The Kier molecular flexibility index (Phi) is 7.82. The summed E-state index contributed by atoms with van der Waals surface area (Å²) in [6.07, 6.45) is 1.96. The highest BCUT2D eigenvalue weighted by Gasteiger charge is 2.36. The Balaban J connectivity index is 1.97. The molecule has 0 aromatic rings. The first-order valence-electron chi connectivity index (χ1n) is 7.22. The van der Waals surface area contributed by atoms with E-state index >= 15 is 0 Å². The van der Waals surface area contributed by atoms with E-state index in [0.717, 1.165) is 39.2 Å². The second-order valence-corrected chi connectivity index (χ2v) is 5.37. The summed E-state index contributed by atoms with van der Waals surface area (Å²) in [5.41, 5.74) is 0. The maximum Gasteiger partial charge on any atom is 0.0594 e. The molecule has 1 heterocycles. The van der Waals surface area contributed by atoms with Crippen molar-refractivity contribution in [3.8, 4) is 0 Å². The fourth-order valence-electron chi connectivity index (χ4n) is 2.60. The molecule has 4 nitrogen and oxygen atoms in total. The quantitative estimate of drug-likeness (QED) is 0.611. The Bertz CT molecular complexity index is 214. The molecule has 4 unspecified atom stereocenters. The third-order valence-electron chi connectivity index (χ3n) is 4.02. The first-order chi connectivity index (χ1) is 8.66. The van der Waals surface area contributed by atoms with Crippen LogP contribution in [0.15, 0.2) is 0 Å². The van der Waals surface area contributed by atoms with E-state index in [0.29, 0.717) is 24.0 Å². The zero-order valence-corrected chi connectivity index (χ0v) is 12.4. The van der Waals surface area contributed by atoms with E-state index in [4.69, 9.17) is 9.47 Å².